The third-order valence-corrected chi connectivity index (χ3v) is 3.11. The van der Waals surface area contributed by atoms with Gasteiger partial charge in [-0.2, -0.15) is 0 Å². The van der Waals surface area contributed by atoms with Crippen LogP contribution in [-0.4, -0.2) is 37.2 Å². The van der Waals surface area contributed by atoms with Crippen LogP contribution >= 0.6 is 0 Å². The molecule has 0 fully saturated rings. The molecule has 92 valence electrons. The summed E-state index contributed by atoms with van der Waals surface area (Å²) >= 11 is 0. The van der Waals surface area contributed by atoms with Gasteiger partial charge in [0.05, 0.1) is 18.3 Å². The monoisotopic (exact) mass is 235 g/mol. The number of aliphatic hydroxyl groups excluding tert-OH is 1. The highest BCUT2D eigenvalue weighted by atomic mass is 16.5. The van der Waals surface area contributed by atoms with E-state index in [-0.39, 0.29) is 12.6 Å². The van der Waals surface area contributed by atoms with Gasteiger partial charge in [-0.15, -0.1) is 0 Å². The maximum Gasteiger partial charge on any atom is 0.150 e. The van der Waals surface area contributed by atoms with E-state index >= 15 is 0 Å². The average Bonchev–Trinajstić information content (AvgIpc) is 2.38. The molecule has 1 N–H and O–H groups in total. The summed E-state index contributed by atoms with van der Waals surface area (Å²) in [6.07, 6.45) is 1.78. The molecule has 4 nitrogen and oxygen atoms in total. The number of carbonyl (C=O) groups is 1. The molecule has 0 saturated heterocycles. The normalized spacial score (nSPS) is 18.5. The van der Waals surface area contributed by atoms with Crippen molar-refractivity contribution >= 4 is 12.0 Å². The van der Waals surface area contributed by atoms with E-state index < -0.39 is 0 Å². The number of ether oxygens (including phenoxy) is 1. The Labute approximate surface area is 101 Å². The van der Waals surface area contributed by atoms with Gasteiger partial charge in [0, 0.05) is 12.1 Å². The van der Waals surface area contributed by atoms with Gasteiger partial charge in [-0.1, -0.05) is 6.92 Å². The number of hydrogen-bond donors (Lipinski definition) is 1. The first kappa shape index (κ1) is 11.9. The summed E-state index contributed by atoms with van der Waals surface area (Å²) in [5.41, 5.74) is 1.57. The van der Waals surface area contributed by atoms with Crippen LogP contribution < -0.4 is 9.64 Å². The second kappa shape index (κ2) is 5.19. The summed E-state index contributed by atoms with van der Waals surface area (Å²) in [5.74, 6) is 0.729. The van der Waals surface area contributed by atoms with Gasteiger partial charge in [0.2, 0.25) is 0 Å². The molecule has 1 aromatic carbocycles. The first-order valence-corrected chi connectivity index (χ1v) is 5.89. The zero-order valence-electron chi connectivity index (χ0n) is 9.93. The van der Waals surface area contributed by atoms with Crippen LogP contribution in [0.5, 0.6) is 5.75 Å². The third-order valence-electron chi connectivity index (χ3n) is 3.11. The van der Waals surface area contributed by atoms with Crippen molar-refractivity contribution in [1.82, 2.24) is 0 Å². The lowest BCUT2D eigenvalue weighted by Gasteiger charge is -2.38. The highest BCUT2D eigenvalue weighted by molar-refractivity contribution is 5.78. The number of β-amino-alcohol motifs (C(OH)–C–C–N with tert-alkyl or cyclic N) is 1. The fourth-order valence-electron chi connectivity index (χ4n) is 2.18. The zero-order chi connectivity index (χ0) is 12.3. The Hall–Kier alpha value is -1.55. The molecule has 1 atom stereocenters. The van der Waals surface area contributed by atoms with Crippen LogP contribution in [0.3, 0.4) is 0 Å². The molecule has 0 aromatic heterocycles. The number of rotatable bonds is 4. The first-order chi connectivity index (χ1) is 8.30. The lowest BCUT2D eigenvalue weighted by Crippen LogP contribution is -2.44. The van der Waals surface area contributed by atoms with Crippen molar-refractivity contribution in [2.45, 2.75) is 19.4 Å². The van der Waals surface area contributed by atoms with Crippen molar-refractivity contribution in [3.8, 4) is 5.75 Å². The number of benzene rings is 1. The number of aldehydes is 1. The molecule has 1 heterocycles. The Bertz CT molecular complexity index is 406. The number of hydrogen-bond acceptors (Lipinski definition) is 4. The minimum Gasteiger partial charge on any atom is -0.489 e. The lowest BCUT2D eigenvalue weighted by atomic mass is 10.1. The van der Waals surface area contributed by atoms with Gasteiger partial charge >= 0.3 is 0 Å². The smallest absolute Gasteiger partial charge is 0.150 e. The first-order valence-electron chi connectivity index (χ1n) is 5.89. The van der Waals surface area contributed by atoms with Gasteiger partial charge in [0.1, 0.15) is 18.6 Å². The second-order valence-electron chi connectivity index (χ2n) is 4.14. The summed E-state index contributed by atoms with van der Waals surface area (Å²) in [6.45, 7) is 3.41. The maximum absolute atomic E-state index is 10.7. The molecule has 17 heavy (non-hydrogen) atoms. The van der Waals surface area contributed by atoms with Crippen molar-refractivity contribution in [3.05, 3.63) is 23.8 Å². The summed E-state index contributed by atoms with van der Waals surface area (Å²) < 4.78 is 5.66. The van der Waals surface area contributed by atoms with Gasteiger partial charge in [-0.05, 0) is 24.6 Å². The van der Waals surface area contributed by atoms with E-state index in [1.165, 1.54) is 0 Å². The molecule has 0 saturated carbocycles. The second-order valence-corrected chi connectivity index (χ2v) is 4.14. The van der Waals surface area contributed by atoms with E-state index in [9.17, 15) is 4.79 Å². The molecule has 0 radical (unpaired) electrons. The SMILES string of the molecule is CCC1COc2cc(C=O)ccc2N1CCO. The van der Waals surface area contributed by atoms with E-state index in [0.717, 1.165) is 24.1 Å². The Morgan fingerprint density at radius 2 is 2.41 bits per heavy atom. The highest BCUT2D eigenvalue weighted by Gasteiger charge is 2.25. The van der Waals surface area contributed by atoms with Crippen LogP contribution in [0.4, 0.5) is 5.69 Å². The van der Waals surface area contributed by atoms with Crippen molar-refractivity contribution in [3.63, 3.8) is 0 Å². The number of carbonyl (C=O) groups excluding carboxylic acids is 1. The van der Waals surface area contributed by atoms with E-state index in [4.69, 9.17) is 9.84 Å². The summed E-state index contributed by atoms with van der Waals surface area (Å²) in [4.78, 5) is 12.9. The fourth-order valence-corrected chi connectivity index (χ4v) is 2.18. The molecule has 0 aliphatic carbocycles. The van der Waals surface area contributed by atoms with Gasteiger partial charge in [0.25, 0.3) is 0 Å². The molecule has 0 bridgehead atoms. The number of aliphatic hydroxyl groups is 1. The van der Waals surface area contributed by atoms with Crippen molar-refractivity contribution in [1.29, 1.82) is 0 Å². The quantitative estimate of drug-likeness (QED) is 0.803. The van der Waals surface area contributed by atoms with Crippen molar-refractivity contribution < 1.29 is 14.6 Å². The minimum atomic E-state index is 0.116. The topological polar surface area (TPSA) is 49.8 Å². The van der Waals surface area contributed by atoms with Crippen LogP contribution in [0, 0.1) is 0 Å². The standard InChI is InChI=1S/C13H17NO3/c1-2-11-9-17-13-7-10(8-16)3-4-12(13)14(11)5-6-15/h3-4,7-8,11,15H,2,5-6,9H2,1H3. The summed E-state index contributed by atoms with van der Waals surface area (Å²) in [5, 5.41) is 9.12. The molecule has 1 aromatic rings. The van der Waals surface area contributed by atoms with Crippen LogP contribution in [0.2, 0.25) is 0 Å². The third kappa shape index (κ3) is 2.26. The fraction of sp³-hybridized carbons (Fsp3) is 0.462. The van der Waals surface area contributed by atoms with Gasteiger partial charge in [-0.3, -0.25) is 4.79 Å². The molecular formula is C13H17NO3. The van der Waals surface area contributed by atoms with Crippen molar-refractivity contribution in [2.24, 2.45) is 0 Å². The van der Waals surface area contributed by atoms with Crippen molar-refractivity contribution in [2.75, 3.05) is 24.7 Å². The zero-order valence-corrected chi connectivity index (χ0v) is 9.93. The lowest BCUT2D eigenvalue weighted by molar-refractivity contribution is 0.112. The molecule has 0 spiro atoms. The number of anilines is 1. The molecule has 1 unspecified atom stereocenters. The predicted octanol–water partition coefficient (Wildman–Crippen LogP) is 1.47. The summed E-state index contributed by atoms with van der Waals surface area (Å²) in [7, 11) is 0. The molecule has 2 rings (SSSR count). The van der Waals surface area contributed by atoms with Crippen LogP contribution in [0.1, 0.15) is 23.7 Å². The number of fused-ring (bicyclic) bond motifs is 1. The van der Waals surface area contributed by atoms with Gasteiger partial charge < -0.3 is 14.7 Å². The molecule has 1 aliphatic rings. The average molecular weight is 235 g/mol. The van der Waals surface area contributed by atoms with Crippen LogP contribution in [0.25, 0.3) is 0 Å². The van der Waals surface area contributed by atoms with Gasteiger partial charge in [-0.25, -0.2) is 0 Å². The number of nitrogens with zero attached hydrogens (tertiary/aromatic N) is 1. The van der Waals surface area contributed by atoms with E-state index in [2.05, 4.69) is 11.8 Å². The molecular weight excluding hydrogens is 218 g/mol. The molecule has 1 aliphatic heterocycles. The maximum atomic E-state index is 10.7. The minimum absolute atomic E-state index is 0.116. The van der Waals surface area contributed by atoms with Crippen LogP contribution in [-0.2, 0) is 0 Å². The Morgan fingerprint density at radius 3 is 3.06 bits per heavy atom. The largest absolute Gasteiger partial charge is 0.489 e. The summed E-state index contributed by atoms with van der Waals surface area (Å²) in [6, 6.07) is 5.70. The van der Waals surface area contributed by atoms with E-state index in [1.54, 1.807) is 12.1 Å². The van der Waals surface area contributed by atoms with E-state index in [1.807, 2.05) is 6.07 Å². The van der Waals surface area contributed by atoms with Gasteiger partial charge in [0.15, 0.2) is 0 Å². The Kier molecular flexibility index (Phi) is 3.64. The van der Waals surface area contributed by atoms with E-state index in [0.29, 0.717) is 18.7 Å². The molecule has 4 heteroatoms. The van der Waals surface area contributed by atoms with Crippen LogP contribution in [0.15, 0.2) is 18.2 Å². The molecule has 0 amide bonds. The highest BCUT2D eigenvalue weighted by Crippen LogP contribution is 2.34. The predicted molar refractivity (Wildman–Crippen MR) is 65.8 cm³/mol. The Balaban J connectivity index is 2.35. The Morgan fingerprint density at radius 1 is 1.59 bits per heavy atom.